The highest BCUT2D eigenvalue weighted by Crippen LogP contribution is 2.22. The quantitative estimate of drug-likeness (QED) is 0.867. The molecular formula is C17H27N3O. The summed E-state index contributed by atoms with van der Waals surface area (Å²) in [6.07, 6.45) is 3.29. The van der Waals surface area contributed by atoms with E-state index in [1.165, 1.54) is 6.42 Å². The molecule has 1 amide bonds. The molecule has 21 heavy (non-hydrogen) atoms. The van der Waals surface area contributed by atoms with E-state index in [1.807, 2.05) is 31.0 Å². The minimum atomic E-state index is 0.0551. The van der Waals surface area contributed by atoms with E-state index in [0.717, 1.165) is 38.0 Å². The molecule has 0 saturated carbocycles. The van der Waals surface area contributed by atoms with Gasteiger partial charge in [0.05, 0.1) is 5.56 Å². The number of aryl methyl sites for hydroxylation is 1. The molecule has 0 aliphatic carbocycles. The standard InChI is InChI=1S/C17H27N3O/c1-4-10-20-11-8-14(9-12-20)19(3)17(21)16-13(2)6-5-7-15(16)18/h5-7,14H,4,8-12,18H2,1-3H3. The maximum atomic E-state index is 12.7. The molecule has 2 rings (SSSR count). The second kappa shape index (κ2) is 6.94. The van der Waals surface area contributed by atoms with E-state index in [0.29, 0.717) is 17.3 Å². The van der Waals surface area contributed by atoms with Crippen LogP contribution < -0.4 is 5.73 Å². The van der Waals surface area contributed by atoms with Crippen molar-refractivity contribution in [2.24, 2.45) is 0 Å². The number of nitrogens with zero attached hydrogens (tertiary/aromatic N) is 2. The zero-order chi connectivity index (χ0) is 15.4. The molecule has 1 saturated heterocycles. The predicted molar refractivity (Wildman–Crippen MR) is 87.4 cm³/mol. The topological polar surface area (TPSA) is 49.6 Å². The normalized spacial score (nSPS) is 16.9. The van der Waals surface area contributed by atoms with Crippen LogP contribution >= 0.6 is 0 Å². The third kappa shape index (κ3) is 3.56. The summed E-state index contributed by atoms with van der Waals surface area (Å²) in [5, 5.41) is 0. The van der Waals surface area contributed by atoms with Gasteiger partial charge in [-0.1, -0.05) is 19.1 Å². The van der Waals surface area contributed by atoms with Gasteiger partial charge in [0.15, 0.2) is 0 Å². The minimum Gasteiger partial charge on any atom is -0.398 e. The molecule has 1 heterocycles. The lowest BCUT2D eigenvalue weighted by atomic mass is 10.0. The van der Waals surface area contributed by atoms with Crippen molar-refractivity contribution in [2.75, 3.05) is 32.4 Å². The largest absolute Gasteiger partial charge is 0.398 e. The Kier molecular flexibility index (Phi) is 5.23. The van der Waals surface area contributed by atoms with Crippen LogP contribution in [-0.2, 0) is 0 Å². The first-order chi connectivity index (χ1) is 10.0. The first kappa shape index (κ1) is 15.8. The molecule has 1 aromatic rings. The molecule has 1 fully saturated rings. The van der Waals surface area contributed by atoms with Crippen molar-refractivity contribution in [3.05, 3.63) is 29.3 Å². The van der Waals surface area contributed by atoms with Crippen molar-refractivity contribution < 1.29 is 4.79 Å². The highest BCUT2D eigenvalue weighted by Gasteiger charge is 2.27. The minimum absolute atomic E-state index is 0.0551. The van der Waals surface area contributed by atoms with Gasteiger partial charge in [-0.05, 0) is 44.4 Å². The van der Waals surface area contributed by atoms with Gasteiger partial charge in [-0.2, -0.15) is 0 Å². The maximum Gasteiger partial charge on any atom is 0.256 e. The molecule has 4 nitrogen and oxygen atoms in total. The zero-order valence-electron chi connectivity index (χ0n) is 13.4. The molecule has 4 heteroatoms. The molecule has 0 atom stereocenters. The average molecular weight is 289 g/mol. The van der Waals surface area contributed by atoms with Crippen LogP contribution in [0.1, 0.15) is 42.1 Å². The van der Waals surface area contributed by atoms with Gasteiger partial charge in [-0.3, -0.25) is 4.79 Å². The second-order valence-corrected chi connectivity index (χ2v) is 6.03. The molecule has 1 aliphatic rings. The van der Waals surface area contributed by atoms with Gasteiger partial charge in [0.25, 0.3) is 5.91 Å². The van der Waals surface area contributed by atoms with Crippen molar-refractivity contribution in [1.82, 2.24) is 9.80 Å². The summed E-state index contributed by atoms with van der Waals surface area (Å²) in [4.78, 5) is 17.1. The van der Waals surface area contributed by atoms with Gasteiger partial charge in [0.1, 0.15) is 0 Å². The Labute approximate surface area is 127 Å². The first-order valence-corrected chi connectivity index (χ1v) is 7.89. The number of amides is 1. The number of anilines is 1. The molecular weight excluding hydrogens is 262 g/mol. The smallest absolute Gasteiger partial charge is 0.256 e. The lowest BCUT2D eigenvalue weighted by Gasteiger charge is -2.37. The average Bonchev–Trinajstić information content (AvgIpc) is 2.47. The second-order valence-electron chi connectivity index (χ2n) is 6.03. The van der Waals surface area contributed by atoms with E-state index in [1.54, 1.807) is 6.07 Å². The zero-order valence-corrected chi connectivity index (χ0v) is 13.4. The van der Waals surface area contributed by atoms with E-state index in [4.69, 9.17) is 5.73 Å². The maximum absolute atomic E-state index is 12.7. The van der Waals surface area contributed by atoms with Crippen LogP contribution in [0.25, 0.3) is 0 Å². The number of carbonyl (C=O) groups excluding carboxylic acids is 1. The number of hydrogen-bond acceptors (Lipinski definition) is 3. The van der Waals surface area contributed by atoms with Crippen molar-refractivity contribution in [1.29, 1.82) is 0 Å². The lowest BCUT2D eigenvalue weighted by Crippen LogP contribution is -2.46. The fraction of sp³-hybridized carbons (Fsp3) is 0.588. The fourth-order valence-corrected chi connectivity index (χ4v) is 3.17. The molecule has 0 aromatic heterocycles. The van der Waals surface area contributed by atoms with E-state index >= 15 is 0 Å². The molecule has 2 N–H and O–H groups in total. The van der Waals surface area contributed by atoms with Crippen LogP contribution in [0.3, 0.4) is 0 Å². The Balaban J connectivity index is 2.04. The molecule has 0 unspecified atom stereocenters. The Bertz CT molecular complexity index is 473. The Hall–Kier alpha value is -1.55. The van der Waals surface area contributed by atoms with Gasteiger partial charge >= 0.3 is 0 Å². The number of piperidine rings is 1. The van der Waals surface area contributed by atoms with Gasteiger partial charge in [0.2, 0.25) is 0 Å². The third-order valence-electron chi connectivity index (χ3n) is 4.48. The predicted octanol–water partition coefficient (Wildman–Crippen LogP) is 2.52. The van der Waals surface area contributed by atoms with Crippen molar-refractivity contribution in [2.45, 2.75) is 39.2 Å². The monoisotopic (exact) mass is 289 g/mol. The highest BCUT2D eigenvalue weighted by atomic mass is 16.2. The van der Waals surface area contributed by atoms with E-state index in [2.05, 4.69) is 11.8 Å². The number of benzene rings is 1. The van der Waals surface area contributed by atoms with Crippen molar-refractivity contribution in [3.63, 3.8) is 0 Å². The first-order valence-electron chi connectivity index (χ1n) is 7.89. The summed E-state index contributed by atoms with van der Waals surface area (Å²) in [6.45, 7) is 7.48. The van der Waals surface area contributed by atoms with Crippen molar-refractivity contribution in [3.8, 4) is 0 Å². The fourth-order valence-electron chi connectivity index (χ4n) is 3.17. The Morgan fingerprint density at radius 2 is 2.05 bits per heavy atom. The molecule has 0 bridgehead atoms. The van der Waals surface area contributed by atoms with E-state index in [-0.39, 0.29) is 5.91 Å². The number of hydrogen-bond donors (Lipinski definition) is 1. The number of nitrogen functional groups attached to an aromatic ring is 1. The molecule has 0 spiro atoms. The number of rotatable bonds is 4. The van der Waals surface area contributed by atoms with Gasteiger partial charge in [-0.25, -0.2) is 0 Å². The SMILES string of the molecule is CCCN1CCC(N(C)C(=O)c2c(C)cccc2N)CC1. The Morgan fingerprint density at radius 1 is 1.38 bits per heavy atom. The summed E-state index contributed by atoms with van der Waals surface area (Å²) in [5.74, 6) is 0.0551. The summed E-state index contributed by atoms with van der Waals surface area (Å²) in [6, 6.07) is 5.97. The summed E-state index contributed by atoms with van der Waals surface area (Å²) in [7, 11) is 1.91. The summed E-state index contributed by atoms with van der Waals surface area (Å²) >= 11 is 0. The molecule has 1 aliphatic heterocycles. The molecule has 0 radical (unpaired) electrons. The number of likely N-dealkylation sites (tertiary alicyclic amines) is 1. The Morgan fingerprint density at radius 3 is 2.62 bits per heavy atom. The van der Waals surface area contributed by atoms with Crippen LogP contribution in [-0.4, -0.2) is 48.4 Å². The lowest BCUT2D eigenvalue weighted by molar-refractivity contribution is 0.0643. The van der Waals surface area contributed by atoms with Crippen LogP contribution in [0.4, 0.5) is 5.69 Å². The number of carbonyl (C=O) groups is 1. The van der Waals surface area contributed by atoms with Gasteiger partial charge < -0.3 is 15.5 Å². The van der Waals surface area contributed by atoms with Crippen LogP contribution in [0.15, 0.2) is 18.2 Å². The van der Waals surface area contributed by atoms with Crippen LogP contribution in [0.5, 0.6) is 0 Å². The van der Waals surface area contributed by atoms with E-state index < -0.39 is 0 Å². The summed E-state index contributed by atoms with van der Waals surface area (Å²) in [5.41, 5.74) is 8.19. The highest BCUT2D eigenvalue weighted by molar-refractivity contribution is 6.00. The molecule has 1 aromatic carbocycles. The summed E-state index contributed by atoms with van der Waals surface area (Å²) < 4.78 is 0. The van der Waals surface area contributed by atoms with Crippen molar-refractivity contribution >= 4 is 11.6 Å². The third-order valence-corrected chi connectivity index (χ3v) is 4.48. The van der Waals surface area contributed by atoms with Gasteiger partial charge in [0, 0.05) is 31.9 Å². The van der Waals surface area contributed by atoms with Crippen LogP contribution in [0.2, 0.25) is 0 Å². The number of nitrogens with two attached hydrogens (primary N) is 1. The molecule has 116 valence electrons. The van der Waals surface area contributed by atoms with Gasteiger partial charge in [-0.15, -0.1) is 0 Å². The van der Waals surface area contributed by atoms with Crippen LogP contribution in [0, 0.1) is 6.92 Å². The van der Waals surface area contributed by atoms with E-state index in [9.17, 15) is 4.79 Å².